The average Bonchev–Trinajstić information content (AvgIpc) is 3.03. The zero-order valence-electron chi connectivity index (χ0n) is 12.1. The molecule has 1 saturated heterocycles. The highest BCUT2D eigenvalue weighted by Crippen LogP contribution is 2.28. The van der Waals surface area contributed by atoms with Crippen LogP contribution in [0.25, 0.3) is 0 Å². The molecule has 1 fully saturated rings. The molecule has 0 spiro atoms. The molecule has 19 heavy (non-hydrogen) atoms. The van der Waals surface area contributed by atoms with Crippen LogP contribution in [0.4, 0.5) is 0 Å². The molecule has 1 aliphatic rings. The molecule has 1 N–H and O–H groups in total. The highest BCUT2D eigenvalue weighted by molar-refractivity contribution is 5.03. The molecule has 1 aromatic heterocycles. The largest absolute Gasteiger partial charge is 0.380 e. The van der Waals surface area contributed by atoms with Crippen LogP contribution in [0.2, 0.25) is 0 Å². The summed E-state index contributed by atoms with van der Waals surface area (Å²) in [5, 5.41) is 3.60. The molecule has 1 aliphatic heterocycles. The van der Waals surface area contributed by atoms with E-state index in [-0.39, 0.29) is 6.10 Å². The van der Waals surface area contributed by atoms with Gasteiger partial charge in [-0.3, -0.25) is 0 Å². The zero-order chi connectivity index (χ0) is 13.7. The standard InChI is InChI=1S/C14H25N3O2/c1-4-17-8-7-15-14(17)13-12(6-9-19-13)16-11(3)10-18-5-2/h7-8,11-13,16H,4-6,9-10H2,1-3H3/t11-,12-,13-/m0/s1. The smallest absolute Gasteiger partial charge is 0.139 e. The van der Waals surface area contributed by atoms with Gasteiger partial charge < -0.3 is 19.4 Å². The minimum atomic E-state index is 0.0547. The van der Waals surface area contributed by atoms with Crippen molar-refractivity contribution in [2.24, 2.45) is 0 Å². The Hall–Kier alpha value is -0.910. The number of ether oxygens (including phenoxy) is 2. The van der Waals surface area contributed by atoms with Gasteiger partial charge in [0.05, 0.1) is 6.61 Å². The number of hydrogen-bond donors (Lipinski definition) is 1. The molecule has 0 aliphatic carbocycles. The average molecular weight is 267 g/mol. The minimum Gasteiger partial charge on any atom is -0.380 e. The van der Waals surface area contributed by atoms with E-state index in [9.17, 15) is 0 Å². The van der Waals surface area contributed by atoms with E-state index >= 15 is 0 Å². The second-order valence-electron chi connectivity index (χ2n) is 4.99. The predicted molar refractivity (Wildman–Crippen MR) is 74.1 cm³/mol. The van der Waals surface area contributed by atoms with Gasteiger partial charge in [-0.2, -0.15) is 0 Å². The molecule has 0 amide bonds. The van der Waals surface area contributed by atoms with Gasteiger partial charge in [0.2, 0.25) is 0 Å². The van der Waals surface area contributed by atoms with Gasteiger partial charge in [-0.1, -0.05) is 0 Å². The molecule has 0 bridgehead atoms. The normalized spacial score (nSPS) is 24.8. The Labute approximate surface area is 115 Å². The van der Waals surface area contributed by atoms with Gasteiger partial charge >= 0.3 is 0 Å². The van der Waals surface area contributed by atoms with Crippen molar-refractivity contribution in [3.8, 4) is 0 Å². The maximum Gasteiger partial charge on any atom is 0.139 e. The molecule has 0 radical (unpaired) electrons. The number of rotatable bonds is 7. The first kappa shape index (κ1) is 14.5. The lowest BCUT2D eigenvalue weighted by atomic mass is 10.1. The lowest BCUT2D eigenvalue weighted by Gasteiger charge is -2.24. The van der Waals surface area contributed by atoms with Crippen LogP contribution < -0.4 is 5.32 Å². The minimum absolute atomic E-state index is 0.0547. The van der Waals surface area contributed by atoms with Gasteiger partial charge in [-0.15, -0.1) is 0 Å². The second-order valence-corrected chi connectivity index (χ2v) is 4.99. The fourth-order valence-electron chi connectivity index (χ4n) is 2.57. The van der Waals surface area contributed by atoms with Gasteiger partial charge in [-0.25, -0.2) is 4.98 Å². The molecular weight excluding hydrogens is 242 g/mol. The van der Waals surface area contributed by atoms with E-state index in [0.29, 0.717) is 12.1 Å². The maximum absolute atomic E-state index is 5.87. The van der Waals surface area contributed by atoms with E-state index in [4.69, 9.17) is 9.47 Å². The number of nitrogens with one attached hydrogen (secondary N) is 1. The third-order valence-corrected chi connectivity index (χ3v) is 3.51. The van der Waals surface area contributed by atoms with Crippen LogP contribution in [0.1, 0.15) is 39.1 Å². The first-order valence-corrected chi connectivity index (χ1v) is 7.22. The van der Waals surface area contributed by atoms with Crippen molar-refractivity contribution in [3.05, 3.63) is 18.2 Å². The summed E-state index contributed by atoms with van der Waals surface area (Å²) in [6, 6.07) is 0.655. The Morgan fingerprint density at radius 2 is 2.42 bits per heavy atom. The molecule has 108 valence electrons. The van der Waals surface area contributed by atoms with E-state index in [1.165, 1.54) is 0 Å². The number of aryl methyl sites for hydroxylation is 1. The molecule has 5 nitrogen and oxygen atoms in total. The van der Waals surface area contributed by atoms with E-state index < -0.39 is 0 Å². The van der Waals surface area contributed by atoms with Gasteiger partial charge in [0.15, 0.2) is 0 Å². The Morgan fingerprint density at radius 1 is 1.58 bits per heavy atom. The summed E-state index contributed by atoms with van der Waals surface area (Å²) in [7, 11) is 0. The summed E-state index contributed by atoms with van der Waals surface area (Å²) in [5.41, 5.74) is 0. The van der Waals surface area contributed by atoms with Crippen LogP contribution in [-0.2, 0) is 16.0 Å². The maximum atomic E-state index is 5.87. The Bertz CT molecular complexity index is 381. The van der Waals surface area contributed by atoms with Crippen molar-refractivity contribution < 1.29 is 9.47 Å². The van der Waals surface area contributed by atoms with Crippen molar-refractivity contribution in [2.45, 2.75) is 51.9 Å². The summed E-state index contributed by atoms with van der Waals surface area (Å²) in [5.74, 6) is 1.03. The van der Waals surface area contributed by atoms with Crippen molar-refractivity contribution in [3.63, 3.8) is 0 Å². The van der Waals surface area contributed by atoms with E-state index in [0.717, 1.165) is 38.6 Å². The molecule has 5 heteroatoms. The van der Waals surface area contributed by atoms with Crippen LogP contribution >= 0.6 is 0 Å². The quantitative estimate of drug-likeness (QED) is 0.817. The monoisotopic (exact) mass is 267 g/mol. The lowest BCUT2D eigenvalue weighted by molar-refractivity contribution is 0.0782. The van der Waals surface area contributed by atoms with Crippen LogP contribution in [0.15, 0.2) is 12.4 Å². The predicted octanol–water partition coefficient (Wildman–Crippen LogP) is 1.75. The summed E-state index contributed by atoms with van der Waals surface area (Å²) in [4.78, 5) is 4.46. The number of nitrogens with zero attached hydrogens (tertiary/aromatic N) is 2. The van der Waals surface area contributed by atoms with Crippen molar-refractivity contribution in [2.75, 3.05) is 19.8 Å². The first-order chi connectivity index (χ1) is 9.26. The van der Waals surface area contributed by atoms with Crippen LogP contribution in [0.3, 0.4) is 0 Å². The number of hydrogen-bond acceptors (Lipinski definition) is 4. The molecule has 3 atom stereocenters. The zero-order valence-corrected chi connectivity index (χ0v) is 12.1. The van der Waals surface area contributed by atoms with E-state index in [1.54, 1.807) is 0 Å². The molecule has 2 heterocycles. The first-order valence-electron chi connectivity index (χ1n) is 7.22. The lowest BCUT2D eigenvalue weighted by Crippen LogP contribution is -2.41. The highest BCUT2D eigenvalue weighted by atomic mass is 16.5. The van der Waals surface area contributed by atoms with Crippen LogP contribution in [0, 0.1) is 0 Å². The molecule has 0 unspecified atom stereocenters. The summed E-state index contributed by atoms with van der Waals surface area (Å²) >= 11 is 0. The third-order valence-electron chi connectivity index (χ3n) is 3.51. The summed E-state index contributed by atoms with van der Waals surface area (Å²) in [6.45, 7) is 9.51. The summed E-state index contributed by atoms with van der Waals surface area (Å²) < 4.78 is 13.5. The topological polar surface area (TPSA) is 48.3 Å². The van der Waals surface area contributed by atoms with Gasteiger partial charge in [-0.05, 0) is 27.2 Å². The SMILES string of the molecule is CCOC[C@H](C)N[C@H]1CCO[C@@H]1c1nccn1CC. The fraction of sp³-hybridized carbons (Fsp3) is 0.786. The molecule has 1 aromatic rings. The van der Waals surface area contributed by atoms with Crippen LogP contribution in [0.5, 0.6) is 0 Å². The highest BCUT2D eigenvalue weighted by Gasteiger charge is 2.33. The van der Waals surface area contributed by atoms with Gasteiger partial charge in [0, 0.05) is 44.2 Å². The number of aromatic nitrogens is 2. The second kappa shape index (κ2) is 7.03. The molecule has 2 rings (SSSR count). The van der Waals surface area contributed by atoms with Crippen molar-refractivity contribution in [1.29, 1.82) is 0 Å². The van der Waals surface area contributed by atoms with Gasteiger partial charge in [0.1, 0.15) is 11.9 Å². The van der Waals surface area contributed by atoms with Crippen molar-refractivity contribution >= 4 is 0 Å². The van der Waals surface area contributed by atoms with Gasteiger partial charge in [0.25, 0.3) is 0 Å². The summed E-state index contributed by atoms with van der Waals surface area (Å²) in [6.07, 6.45) is 4.94. The van der Waals surface area contributed by atoms with E-state index in [1.807, 2.05) is 19.3 Å². The Morgan fingerprint density at radius 3 is 3.16 bits per heavy atom. The number of imidazole rings is 1. The molecule has 0 aromatic carbocycles. The van der Waals surface area contributed by atoms with E-state index in [2.05, 4.69) is 28.7 Å². The van der Waals surface area contributed by atoms with Crippen LogP contribution in [-0.4, -0.2) is 41.5 Å². The Kier molecular flexibility index (Phi) is 5.36. The Balaban J connectivity index is 1.97. The van der Waals surface area contributed by atoms with Crippen molar-refractivity contribution in [1.82, 2.24) is 14.9 Å². The third kappa shape index (κ3) is 3.55. The molecular formula is C14H25N3O2. The molecule has 0 saturated carbocycles. The fourth-order valence-corrected chi connectivity index (χ4v) is 2.57.